The molecule has 0 radical (unpaired) electrons. The Labute approximate surface area is 88.4 Å². The summed E-state index contributed by atoms with van der Waals surface area (Å²) in [7, 11) is 0. The molecule has 1 saturated carbocycles. The van der Waals surface area contributed by atoms with Crippen LogP contribution in [-0.2, 0) is 4.74 Å². The summed E-state index contributed by atoms with van der Waals surface area (Å²) < 4.78 is 5.99. The predicted molar refractivity (Wildman–Crippen MR) is 60.6 cm³/mol. The van der Waals surface area contributed by atoms with Crippen LogP contribution >= 0.6 is 0 Å². The zero-order valence-electron chi connectivity index (χ0n) is 9.77. The number of nitrogens with one attached hydrogen (secondary N) is 1. The Morgan fingerprint density at radius 2 is 1.71 bits per heavy atom. The van der Waals surface area contributed by atoms with Crippen LogP contribution in [0.15, 0.2) is 0 Å². The number of hydrogen-bond donors (Lipinski definition) is 1. The third-order valence-electron chi connectivity index (χ3n) is 3.16. The van der Waals surface area contributed by atoms with E-state index in [1.54, 1.807) is 0 Å². The van der Waals surface area contributed by atoms with Gasteiger partial charge in [0.2, 0.25) is 0 Å². The first kappa shape index (κ1) is 12.0. The van der Waals surface area contributed by atoms with E-state index >= 15 is 0 Å². The molecule has 0 atom stereocenters. The van der Waals surface area contributed by atoms with E-state index in [9.17, 15) is 0 Å². The fourth-order valence-corrected chi connectivity index (χ4v) is 2.40. The monoisotopic (exact) mass is 199 g/mol. The molecule has 84 valence electrons. The summed E-state index contributed by atoms with van der Waals surface area (Å²) in [5.41, 5.74) is 0.154. The van der Waals surface area contributed by atoms with Gasteiger partial charge in [0, 0.05) is 13.2 Å². The Kier molecular flexibility index (Phi) is 5.49. The van der Waals surface area contributed by atoms with Crippen LogP contribution in [-0.4, -0.2) is 25.3 Å². The van der Waals surface area contributed by atoms with Crippen LogP contribution < -0.4 is 5.32 Å². The lowest BCUT2D eigenvalue weighted by molar-refractivity contribution is -0.0484. The van der Waals surface area contributed by atoms with Crippen molar-refractivity contribution in [1.29, 1.82) is 0 Å². The summed E-state index contributed by atoms with van der Waals surface area (Å²) in [4.78, 5) is 0. The van der Waals surface area contributed by atoms with Gasteiger partial charge in [0.25, 0.3) is 0 Å². The fourth-order valence-electron chi connectivity index (χ4n) is 2.40. The standard InChI is InChI=1S/C12H25NO/c1-3-13-11-12(14-4-2)9-7-5-6-8-10-12/h13H,3-11H2,1-2H3. The minimum Gasteiger partial charge on any atom is -0.374 e. The van der Waals surface area contributed by atoms with Crippen LogP contribution in [0.25, 0.3) is 0 Å². The van der Waals surface area contributed by atoms with Gasteiger partial charge in [0.15, 0.2) is 0 Å². The van der Waals surface area contributed by atoms with Gasteiger partial charge in [-0.3, -0.25) is 0 Å². The molecular formula is C12H25NO. The summed E-state index contributed by atoms with van der Waals surface area (Å²) in [6.07, 6.45) is 7.94. The molecular weight excluding hydrogens is 174 g/mol. The third-order valence-corrected chi connectivity index (χ3v) is 3.16. The maximum absolute atomic E-state index is 5.99. The van der Waals surface area contributed by atoms with E-state index in [1.165, 1.54) is 38.5 Å². The second kappa shape index (κ2) is 6.41. The van der Waals surface area contributed by atoms with Crippen molar-refractivity contribution >= 4 is 0 Å². The average molecular weight is 199 g/mol. The molecule has 0 heterocycles. The van der Waals surface area contributed by atoms with Crippen LogP contribution in [0, 0.1) is 0 Å². The largest absolute Gasteiger partial charge is 0.374 e. The van der Waals surface area contributed by atoms with Gasteiger partial charge in [-0.1, -0.05) is 32.6 Å². The highest BCUT2D eigenvalue weighted by Gasteiger charge is 2.30. The topological polar surface area (TPSA) is 21.3 Å². The van der Waals surface area contributed by atoms with Crippen molar-refractivity contribution < 1.29 is 4.74 Å². The lowest BCUT2D eigenvalue weighted by Crippen LogP contribution is -2.42. The third kappa shape index (κ3) is 3.58. The Hall–Kier alpha value is -0.0800. The van der Waals surface area contributed by atoms with Crippen molar-refractivity contribution in [3.8, 4) is 0 Å². The molecule has 1 rings (SSSR count). The first-order valence-electron chi connectivity index (χ1n) is 6.17. The lowest BCUT2D eigenvalue weighted by Gasteiger charge is -2.33. The maximum atomic E-state index is 5.99. The SMILES string of the molecule is CCNCC1(OCC)CCCCCC1. The summed E-state index contributed by atoms with van der Waals surface area (Å²) >= 11 is 0. The second-order valence-corrected chi connectivity index (χ2v) is 4.31. The molecule has 0 unspecified atom stereocenters. The second-order valence-electron chi connectivity index (χ2n) is 4.31. The van der Waals surface area contributed by atoms with E-state index in [1.807, 2.05) is 0 Å². The molecule has 0 aliphatic heterocycles. The molecule has 2 heteroatoms. The highest BCUT2D eigenvalue weighted by atomic mass is 16.5. The molecule has 0 bridgehead atoms. The van der Waals surface area contributed by atoms with E-state index in [0.29, 0.717) is 0 Å². The van der Waals surface area contributed by atoms with Crippen LogP contribution in [0.5, 0.6) is 0 Å². The van der Waals surface area contributed by atoms with E-state index in [2.05, 4.69) is 19.2 Å². The van der Waals surface area contributed by atoms with E-state index < -0.39 is 0 Å². The first-order valence-corrected chi connectivity index (χ1v) is 6.17. The zero-order chi connectivity index (χ0) is 10.3. The molecule has 0 saturated heterocycles. The molecule has 0 amide bonds. The van der Waals surface area contributed by atoms with E-state index in [4.69, 9.17) is 4.74 Å². The van der Waals surface area contributed by atoms with Gasteiger partial charge < -0.3 is 10.1 Å². The van der Waals surface area contributed by atoms with Crippen LogP contribution in [0.1, 0.15) is 52.4 Å². The molecule has 2 nitrogen and oxygen atoms in total. The number of likely N-dealkylation sites (N-methyl/N-ethyl adjacent to an activating group) is 1. The molecule has 1 fully saturated rings. The number of ether oxygens (including phenoxy) is 1. The molecule has 1 N–H and O–H groups in total. The molecule has 1 aliphatic carbocycles. The number of rotatable bonds is 5. The summed E-state index contributed by atoms with van der Waals surface area (Å²) in [6.45, 7) is 7.21. The average Bonchev–Trinajstić information content (AvgIpc) is 2.42. The van der Waals surface area contributed by atoms with Crippen molar-refractivity contribution in [1.82, 2.24) is 5.32 Å². The zero-order valence-corrected chi connectivity index (χ0v) is 9.77. The van der Waals surface area contributed by atoms with E-state index in [0.717, 1.165) is 19.7 Å². The summed E-state index contributed by atoms with van der Waals surface area (Å²) in [5.74, 6) is 0. The Balaban J connectivity index is 2.48. The fraction of sp³-hybridized carbons (Fsp3) is 1.00. The van der Waals surface area contributed by atoms with Crippen molar-refractivity contribution in [2.75, 3.05) is 19.7 Å². The van der Waals surface area contributed by atoms with Crippen LogP contribution in [0.4, 0.5) is 0 Å². The first-order chi connectivity index (χ1) is 6.83. The smallest absolute Gasteiger partial charge is 0.0806 e. The predicted octanol–water partition coefficient (Wildman–Crippen LogP) is 2.73. The molecule has 0 aromatic rings. The molecule has 14 heavy (non-hydrogen) atoms. The normalized spacial score (nSPS) is 21.9. The molecule has 0 aromatic carbocycles. The Morgan fingerprint density at radius 3 is 2.21 bits per heavy atom. The van der Waals surface area contributed by atoms with Gasteiger partial charge in [-0.25, -0.2) is 0 Å². The Morgan fingerprint density at radius 1 is 1.07 bits per heavy atom. The van der Waals surface area contributed by atoms with Crippen molar-refractivity contribution in [3.63, 3.8) is 0 Å². The minimum absolute atomic E-state index is 0.154. The lowest BCUT2D eigenvalue weighted by atomic mass is 9.94. The van der Waals surface area contributed by atoms with Crippen molar-refractivity contribution in [2.24, 2.45) is 0 Å². The Bertz CT molecular complexity index is 139. The van der Waals surface area contributed by atoms with E-state index in [-0.39, 0.29) is 5.60 Å². The number of hydrogen-bond acceptors (Lipinski definition) is 2. The van der Waals surface area contributed by atoms with Crippen molar-refractivity contribution in [3.05, 3.63) is 0 Å². The van der Waals surface area contributed by atoms with Crippen LogP contribution in [0.3, 0.4) is 0 Å². The van der Waals surface area contributed by atoms with Crippen molar-refractivity contribution in [2.45, 2.75) is 58.0 Å². The summed E-state index contributed by atoms with van der Waals surface area (Å²) in [5, 5.41) is 3.45. The highest BCUT2D eigenvalue weighted by molar-refractivity contribution is 4.85. The summed E-state index contributed by atoms with van der Waals surface area (Å²) in [6, 6.07) is 0. The quantitative estimate of drug-likeness (QED) is 0.687. The molecule has 0 spiro atoms. The molecule has 1 aliphatic rings. The highest BCUT2D eigenvalue weighted by Crippen LogP contribution is 2.29. The minimum atomic E-state index is 0.154. The van der Waals surface area contributed by atoms with Gasteiger partial charge in [-0.2, -0.15) is 0 Å². The van der Waals surface area contributed by atoms with Gasteiger partial charge >= 0.3 is 0 Å². The van der Waals surface area contributed by atoms with Gasteiger partial charge in [-0.15, -0.1) is 0 Å². The van der Waals surface area contributed by atoms with Gasteiger partial charge in [0.1, 0.15) is 0 Å². The van der Waals surface area contributed by atoms with Crippen LogP contribution in [0.2, 0.25) is 0 Å². The molecule has 0 aromatic heterocycles. The van der Waals surface area contributed by atoms with Gasteiger partial charge in [-0.05, 0) is 26.3 Å². The van der Waals surface area contributed by atoms with Gasteiger partial charge in [0.05, 0.1) is 5.60 Å². The maximum Gasteiger partial charge on any atom is 0.0806 e.